The van der Waals surface area contributed by atoms with Gasteiger partial charge in [0.2, 0.25) is 11.8 Å². The molecule has 0 aromatic heterocycles. The highest BCUT2D eigenvalue weighted by Crippen LogP contribution is 2.61. The van der Waals surface area contributed by atoms with Crippen molar-refractivity contribution in [3.05, 3.63) is 190 Å². The lowest BCUT2D eigenvalue weighted by Gasteiger charge is -2.50. The van der Waals surface area contributed by atoms with Crippen LogP contribution in [0, 0.1) is 10.8 Å². The smallest absolute Gasteiger partial charge is 0.221 e. The Kier molecular flexibility index (Phi) is 6.29. The minimum Gasteiger partial charge on any atom is -0.457 e. The Bertz CT molecular complexity index is 2130. The van der Waals surface area contributed by atoms with Crippen molar-refractivity contribution in [2.24, 2.45) is 0 Å². The number of benzene rings is 6. The van der Waals surface area contributed by atoms with Crippen molar-refractivity contribution in [2.75, 3.05) is 0 Å². The Hall–Kier alpha value is -5.74. The summed E-state index contributed by atoms with van der Waals surface area (Å²) in [5, 5.41) is 17.1. The summed E-state index contributed by atoms with van der Waals surface area (Å²) >= 11 is 0. The summed E-state index contributed by atoms with van der Waals surface area (Å²) in [7, 11) is 0. The Morgan fingerprint density at radius 2 is 1.00 bits per heavy atom. The minimum absolute atomic E-state index is 0.0514. The summed E-state index contributed by atoms with van der Waals surface area (Å²) in [6.07, 6.45) is 0. The van der Waals surface area contributed by atoms with Crippen LogP contribution in [0.1, 0.15) is 58.4 Å². The maximum absolute atomic E-state index is 8.69. The van der Waals surface area contributed by atoms with Gasteiger partial charge in [-0.3, -0.25) is 10.8 Å². The Labute approximate surface area is 268 Å². The molecule has 1 spiro atoms. The van der Waals surface area contributed by atoms with Crippen molar-refractivity contribution in [1.29, 1.82) is 10.8 Å². The van der Waals surface area contributed by atoms with Crippen LogP contribution < -0.4 is 4.74 Å². The number of para-hydroxylation sites is 2. The van der Waals surface area contributed by atoms with Crippen LogP contribution in [-0.2, 0) is 15.6 Å². The van der Waals surface area contributed by atoms with Gasteiger partial charge in [-0.2, -0.15) is 0 Å². The summed E-state index contributed by atoms with van der Waals surface area (Å²) in [5.74, 6) is 1.61. The summed E-state index contributed by atoms with van der Waals surface area (Å²) < 4.78 is 12.2. The molecule has 0 fully saturated rings. The van der Waals surface area contributed by atoms with Gasteiger partial charge < -0.3 is 9.47 Å². The molecular formula is C42H32N2O2. The highest BCUT2D eigenvalue weighted by Gasteiger charge is 2.52. The van der Waals surface area contributed by atoms with Crippen LogP contribution in [0.15, 0.2) is 146 Å². The molecule has 0 bridgehead atoms. The van der Waals surface area contributed by atoms with Gasteiger partial charge in [0.25, 0.3) is 0 Å². The summed E-state index contributed by atoms with van der Waals surface area (Å²) in [4.78, 5) is 0. The average Bonchev–Trinajstić information content (AvgIpc) is 3.10. The SMILES string of the molecule is CC1(C)c2ccccc2C2(c3ccccc3Oc3ccccc32)c2cc(-c3cccc(C(=N)OC(=N)c4ccccc4)c3)ccc21. The van der Waals surface area contributed by atoms with E-state index in [1.807, 2.05) is 48.5 Å². The highest BCUT2D eigenvalue weighted by molar-refractivity contribution is 6.05. The van der Waals surface area contributed by atoms with Crippen molar-refractivity contribution in [2.45, 2.75) is 24.7 Å². The fourth-order valence-electron chi connectivity index (χ4n) is 7.45. The van der Waals surface area contributed by atoms with Crippen LogP contribution in [0.4, 0.5) is 0 Å². The van der Waals surface area contributed by atoms with Gasteiger partial charge >= 0.3 is 0 Å². The van der Waals surface area contributed by atoms with Gasteiger partial charge in [-0.05, 0) is 75.8 Å². The second kappa shape index (κ2) is 10.4. The molecule has 1 aliphatic carbocycles. The molecule has 8 rings (SSSR count). The monoisotopic (exact) mass is 596 g/mol. The topological polar surface area (TPSA) is 66.2 Å². The molecule has 4 nitrogen and oxygen atoms in total. The Morgan fingerprint density at radius 3 is 1.70 bits per heavy atom. The van der Waals surface area contributed by atoms with Crippen molar-refractivity contribution in [3.63, 3.8) is 0 Å². The van der Waals surface area contributed by atoms with Crippen LogP contribution in [0.2, 0.25) is 0 Å². The van der Waals surface area contributed by atoms with E-state index in [0.29, 0.717) is 11.1 Å². The zero-order valence-corrected chi connectivity index (χ0v) is 25.7. The molecule has 0 saturated carbocycles. The van der Waals surface area contributed by atoms with Crippen LogP contribution in [0.25, 0.3) is 11.1 Å². The summed E-state index contributed by atoms with van der Waals surface area (Å²) in [6, 6.07) is 49.6. The van der Waals surface area contributed by atoms with E-state index in [2.05, 4.69) is 98.8 Å². The number of hydrogen-bond acceptors (Lipinski definition) is 4. The highest BCUT2D eigenvalue weighted by atomic mass is 16.5. The van der Waals surface area contributed by atoms with Gasteiger partial charge in [0, 0.05) is 27.7 Å². The molecule has 0 unspecified atom stereocenters. The van der Waals surface area contributed by atoms with E-state index in [-0.39, 0.29) is 17.2 Å². The molecule has 0 saturated heterocycles. The Morgan fingerprint density at radius 1 is 0.478 bits per heavy atom. The van der Waals surface area contributed by atoms with E-state index in [4.69, 9.17) is 20.3 Å². The predicted molar refractivity (Wildman–Crippen MR) is 184 cm³/mol. The lowest BCUT2D eigenvalue weighted by atomic mass is 9.53. The van der Waals surface area contributed by atoms with Gasteiger partial charge in [0.15, 0.2) is 0 Å². The Balaban J connectivity index is 1.32. The van der Waals surface area contributed by atoms with Crippen LogP contribution in [-0.4, -0.2) is 11.8 Å². The van der Waals surface area contributed by atoms with E-state index in [1.54, 1.807) is 12.1 Å². The van der Waals surface area contributed by atoms with Gasteiger partial charge in [0.05, 0.1) is 5.41 Å². The lowest BCUT2D eigenvalue weighted by Crippen LogP contribution is -2.43. The second-order valence-corrected chi connectivity index (χ2v) is 12.5. The predicted octanol–water partition coefficient (Wildman–Crippen LogP) is 9.85. The van der Waals surface area contributed by atoms with Crippen molar-refractivity contribution in [3.8, 4) is 22.6 Å². The molecule has 2 aliphatic rings. The summed E-state index contributed by atoms with van der Waals surface area (Å²) in [5.41, 5.74) is 9.71. The average molecular weight is 597 g/mol. The van der Waals surface area contributed by atoms with E-state index in [0.717, 1.165) is 33.8 Å². The van der Waals surface area contributed by atoms with Crippen molar-refractivity contribution in [1.82, 2.24) is 0 Å². The first kappa shape index (κ1) is 27.8. The maximum atomic E-state index is 8.69. The number of nitrogens with one attached hydrogen (secondary N) is 2. The molecular weight excluding hydrogens is 564 g/mol. The van der Waals surface area contributed by atoms with Gasteiger partial charge in [-0.15, -0.1) is 0 Å². The van der Waals surface area contributed by atoms with Crippen LogP contribution >= 0.6 is 0 Å². The van der Waals surface area contributed by atoms with E-state index >= 15 is 0 Å². The molecule has 6 aromatic carbocycles. The molecule has 0 radical (unpaired) electrons. The normalized spacial score (nSPS) is 14.6. The second-order valence-electron chi connectivity index (χ2n) is 12.5. The van der Waals surface area contributed by atoms with Gasteiger partial charge in [-0.25, -0.2) is 0 Å². The van der Waals surface area contributed by atoms with Crippen LogP contribution in [0.3, 0.4) is 0 Å². The first-order valence-corrected chi connectivity index (χ1v) is 15.5. The zero-order valence-electron chi connectivity index (χ0n) is 25.7. The van der Waals surface area contributed by atoms with E-state index in [9.17, 15) is 0 Å². The fourth-order valence-corrected chi connectivity index (χ4v) is 7.45. The molecule has 1 heterocycles. The lowest BCUT2D eigenvalue weighted by molar-refractivity contribution is 0.425. The number of rotatable bonds is 3. The first-order valence-electron chi connectivity index (χ1n) is 15.5. The third-order valence-electron chi connectivity index (χ3n) is 9.60. The molecule has 2 N–H and O–H groups in total. The molecule has 46 heavy (non-hydrogen) atoms. The van der Waals surface area contributed by atoms with Gasteiger partial charge in [-0.1, -0.05) is 117 Å². The third kappa shape index (κ3) is 4.07. The maximum Gasteiger partial charge on any atom is 0.221 e. The molecule has 0 atom stereocenters. The first-order chi connectivity index (χ1) is 22.4. The summed E-state index contributed by atoms with van der Waals surface area (Å²) in [6.45, 7) is 4.63. The number of ether oxygens (including phenoxy) is 2. The molecule has 1 aliphatic heterocycles. The largest absolute Gasteiger partial charge is 0.457 e. The van der Waals surface area contributed by atoms with E-state index < -0.39 is 5.41 Å². The van der Waals surface area contributed by atoms with E-state index in [1.165, 1.54) is 22.3 Å². The minimum atomic E-state index is -0.596. The molecule has 0 amide bonds. The van der Waals surface area contributed by atoms with Crippen LogP contribution in [0.5, 0.6) is 11.5 Å². The zero-order chi connectivity index (χ0) is 31.5. The third-order valence-corrected chi connectivity index (χ3v) is 9.60. The molecule has 6 aromatic rings. The van der Waals surface area contributed by atoms with Gasteiger partial charge in [0.1, 0.15) is 11.5 Å². The molecule has 222 valence electrons. The molecule has 4 heteroatoms. The van der Waals surface area contributed by atoms with Crippen molar-refractivity contribution < 1.29 is 9.47 Å². The number of hydrogen-bond donors (Lipinski definition) is 2. The standard InChI is InChI=1S/C42H32N2O2/c1-41(2)31-17-6-7-18-33(31)42(34-19-8-10-21-37(34)45-38-22-11-9-20-35(38)42)36-26-29(23-24-32(36)41)28-15-12-16-30(25-28)40(44)46-39(43)27-13-4-3-5-14-27/h3-26,43-44H,1-2H3. The fraction of sp³-hybridized carbons (Fsp3) is 0.0952. The number of fused-ring (bicyclic) bond motifs is 8. The van der Waals surface area contributed by atoms with Crippen molar-refractivity contribution >= 4 is 11.8 Å². The quantitative estimate of drug-likeness (QED) is 0.157.